The van der Waals surface area contributed by atoms with Crippen molar-refractivity contribution in [1.82, 2.24) is 0 Å². The third-order valence-electron chi connectivity index (χ3n) is 3.66. The van der Waals surface area contributed by atoms with Crippen LogP contribution < -0.4 is 0 Å². The summed E-state index contributed by atoms with van der Waals surface area (Å²) in [6, 6.07) is 8.56. The van der Waals surface area contributed by atoms with Gasteiger partial charge in [-0.25, -0.2) is 0 Å². The van der Waals surface area contributed by atoms with Crippen LogP contribution in [0.1, 0.15) is 51.0 Å². The normalized spacial score (nSPS) is 14.5. The van der Waals surface area contributed by atoms with Crippen LogP contribution in [0.5, 0.6) is 0 Å². The minimum Gasteiger partial charge on any atom is -0.354 e. The van der Waals surface area contributed by atoms with Crippen LogP contribution in [-0.2, 0) is 16.1 Å². The molecule has 0 aromatic heterocycles. The zero-order chi connectivity index (χ0) is 16.5. The number of ether oxygens (including phenoxy) is 1. The molecular weight excluding hydrogens is 293 g/mol. The second-order valence-electron chi connectivity index (χ2n) is 5.44. The number of unbranched alkanes of at least 4 members (excludes halogenated alkanes) is 4. The minimum absolute atomic E-state index is 0.0875. The third-order valence-corrected chi connectivity index (χ3v) is 3.66. The molecule has 1 rings (SSSR count). The van der Waals surface area contributed by atoms with E-state index in [1.165, 1.54) is 0 Å². The van der Waals surface area contributed by atoms with Crippen molar-refractivity contribution < 1.29 is 22.7 Å². The van der Waals surface area contributed by atoms with E-state index in [0.29, 0.717) is 18.4 Å². The summed E-state index contributed by atoms with van der Waals surface area (Å²) in [6.45, 7) is 1.81. The van der Waals surface area contributed by atoms with Crippen molar-refractivity contribution >= 4 is 6.29 Å². The Morgan fingerprint density at radius 2 is 1.68 bits per heavy atom. The SMILES string of the molecule is CCCCCCC[C@@](C=O)(OCc1ccccc1)C(F)(F)F. The molecule has 0 saturated heterocycles. The standard InChI is InChI=1S/C17H23F3O2/c1-2-3-4-5-9-12-16(14-21,17(18,19)20)22-13-15-10-7-6-8-11-15/h6-8,10-11,14H,2-5,9,12-13H2,1H3/t16-/m0/s1. The van der Waals surface area contributed by atoms with Crippen molar-refractivity contribution in [2.45, 2.75) is 63.8 Å². The van der Waals surface area contributed by atoms with Crippen LogP contribution in [0, 0.1) is 0 Å². The fraction of sp³-hybridized carbons (Fsp3) is 0.588. The van der Waals surface area contributed by atoms with E-state index < -0.39 is 11.8 Å². The number of aldehydes is 1. The summed E-state index contributed by atoms with van der Waals surface area (Å²) in [5, 5.41) is 0. The smallest absolute Gasteiger partial charge is 0.354 e. The number of carbonyl (C=O) groups is 1. The predicted octanol–water partition coefficient (Wildman–Crippen LogP) is 5.06. The lowest BCUT2D eigenvalue weighted by atomic mass is 9.96. The number of hydrogen-bond donors (Lipinski definition) is 0. The van der Waals surface area contributed by atoms with E-state index in [1.807, 2.05) is 6.92 Å². The molecule has 0 aliphatic rings. The Bertz CT molecular complexity index is 431. The van der Waals surface area contributed by atoms with E-state index in [2.05, 4.69) is 0 Å². The molecule has 0 heterocycles. The van der Waals surface area contributed by atoms with Gasteiger partial charge in [-0.1, -0.05) is 62.9 Å². The summed E-state index contributed by atoms with van der Waals surface area (Å²) < 4.78 is 44.9. The summed E-state index contributed by atoms with van der Waals surface area (Å²) in [5.74, 6) is 0. The lowest BCUT2D eigenvalue weighted by Gasteiger charge is -2.30. The molecule has 1 atom stereocenters. The molecule has 1 aromatic rings. The number of alkyl halides is 3. The van der Waals surface area contributed by atoms with Crippen LogP contribution in [0.25, 0.3) is 0 Å². The van der Waals surface area contributed by atoms with Crippen LogP contribution in [0.2, 0.25) is 0 Å². The summed E-state index contributed by atoms with van der Waals surface area (Å²) in [7, 11) is 0. The van der Waals surface area contributed by atoms with Gasteiger partial charge in [0.1, 0.15) is 0 Å². The van der Waals surface area contributed by atoms with Gasteiger partial charge in [-0.2, -0.15) is 13.2 Å². The van der Waals surface area contributed by atoms with E-state index >= 15 is 0 Å². The molecule has 0 N–H and O–H groups in total. The van der Waals surface area contributed by atoms with Gasteiger partial charge in [0.15, 0.2) is 6.29 Å². The summed E-state index contributed by atoms with van der Waals surface area (Å²) >= 11 is 0. The number of rotatable bonds is 10. The quantitative estimate of drug-likeness (QED) is 0.445. The predicted molar refractivity (Wildman–Crippen MR) is 79.5 cm³/mol. The summed E-state index contributed by atoms with van der Waals surface area (Å²) in [4.78, 5) is 11.2. The van der Waals surface area contributed by atoms with Crippen LogP contribution in [0.3, 0.4) is 0 Å². The van der Waals surface area contributed by atoms with Gasteiger partial charge < -0.3 is 4.74 Å². The second kappa shape index (κ2) is 8.93. The Hall–Kier alpha value is -1.36. The molecular formula is C17H23F3O2. The van der Waals surface area contributed by atoms with Gasteiger partial charge in [0.05, 0.1) is 6.61 Å². The van der Waals surface area contributed by atoms with Crippen molar-refractivity contribution in [3.8, 4) is 0 Å². The highest BCUT2D eigenvalue weighted by molar-refractivity contribution is 5.64. The number of benzene rings is 1. The maximum absolute atomic E-state index is 13.3. The Kier molecular flexibility index (Phi) is 7.59. The second-order valence-corrected chi connectivity index (χ2v) is 5.44. The van der Waals surface area contributed by atoms with Gasteiger partial charge >= 0.3 is 6.18 Å². The molecule has 0 aliphatic carbocycles. The van der Waals surface area contributed by atoms with Gasteiger partial charge in [-0.05, 0) is 18.4 Å². The van der Waals surface area contributed by atoms with Crippen molar-refractivity contribution in [2.24, 2.45) is 0 Å². The van der Waals surface area contributed by atoms with E-state index in [9.17, 15) is 18.0 Å². The molecule has 0 radical (unpaired) electrons. The van der Waals surface area contributed by atoms with Gasteiger partial charge in [0, 0.05) is 0 Å². The van der Waals surface area contributed by atoms with Crippen LogP contribution in [-0.4, -0.2) is 18.1 Å². The molecule has 0 aliphatic heterocycles. The van der Waals surface area contributed by atoms with Crippen molar-refractivity contribution in [2.75, 3.05) is 0 Å². The zero-order valence-corrected chi connectivity index (χ0v) is 12.9. The number of carbonyl (C=O) groups excluding carboxylic acids is 1. The molecule has 22 heavy (non-hydrogen) atoms. The topological polar surface area (TPSA) is 26.3 Å². The molecule has 0 fully saturated rings. The molecule has 0 spiro atoms. The highest BCUT2D eigenvalue weighted by Crippen LogP contribution is 2.37. The molecule has 5 heteroatoms. The lowest BCUT2D eigenvalue weighted by Crippen LogP contribution is -2.49. The van der Waals surface area contributed by atoms with Crippen LogP contribution in [0.15, 0.2) is 30.3 Å². The molecule has 124 valence electrons. The highest BCUT2D eigenvalue weighted by atomic mass is 19.4. The van der Waals surface area contributed by atoms with Crippen LogP contribution in [0.4, 0.5) is 13.2 Å². The van der Waals surface area contributed by atoms with E-state index in [0.717, 1.165) is 19.3 Å². The first-order valence-electron chi connectivity index (χ1n) is 7.66. The first-order chi connectivity index (χ1) is 10.4. The van der Waals surface area contributed by atoms with Gasteiger partial charge in [-0.3, -0.25) is 4.79 Å². The monoisotopic (exact) mass is 316 g/mol. The van der Waals surface area contributed by atoms with Crippen molar-refractivity contribution in [1.29, 1.82) is 0 Å². The Morgan fingerprint density at radius 1 is 1.05 bits per heavy atom. The van der Waals surface area contributed by atoms with Gasteiger partial charge in [-0.15, -0.1) is 0 Å². The maximum atomic E-state index is 13.3. The average Bonchev–Trinajstić information content (AvgIpc) is 2.50. The molecule has 0 amide bonds. The van der Waals surface area contributed by atoms with Crippen LogP contribution >= 0.6 is 0 Å². The van der Waals surface area contributed by atoms with Crippen molar-refractivity contribution in [3.63, 3.8) is 0 Å². The van der Waals surface area contributed by atoms with Crippen molar-refractivity contribution in [3.05, 3.63) is 35.9 Å². The fourth-order valence-corrected chi connectivity index (χ4v) is 2.23. The first kappa shape index (κ1) is 18.7. The van der Waals surface area contributed by atoms with E-state index in [4.69, 9.17) is 4.74 Å². The Labute approximate surface area is 129 Å². The highest BCUT2D eigenvalue weighted by Gasteiger charge is 2.55. The van der Waals surface area contributed by atoms with Gasteiger partial charge in [0.25, 0.3) is 0 Å². The number of hydrogen-bond acceptors (Lipinski definition) is 2. The molecule has 0 bridgehead atoms. The summed E-state index contributed by atoms with van der Waals surface area (Å²) in [5.41, 5.74) is -2.08. The first-order valence-corrected chi connectivity index (χ1v) is 7.66. The molecule has 0 saturated carbocycles. The molecule has 1 aromatic carbocycles. The largest absolute Gasteiger partial charge is 0.424 e. The summed E-state index contributed by atoms with van der Waals surface area (Å²) in [6.07, 6.45) is -1.22. The maximum Gasteiger partial charge on any atom is 0.424 e. The minimum atomic E-state index is -4.70. The lowest BCUT2D eigenvalue weighted by molar-refractivity contribution is -0.266. The van der Waals surface area contributed by atoms with E-state index in [-0.39, 0.29) is 19.3 Å². The average molecular weight is 316 g/mol. The third kappa shape index (κ3) is 5.44. The fourth-order valence-electron chi connectivity index (χ4n) is 2.23. The zero-order valence-electron chi connectivity index (χ0n) is 12.9. The van der Waals surface area contributed by atoms with Gasteiger partial charge in [0.2, 0.25) is 5.60 Å². The molecule has 2 nitrogen and oxygen atoms in total. The number of halogens is 3. The Balaban J connectivity index is 2.67. The molecule has 0 unspecified atom stereocenters. The van der Waals surface area contributed by atoms with E-state index in [1.54, 1.807) is 30.3 Å². The Morgan fingerprint density at radius 3 is 2.23 bits per heavy atom.